The summed E-state index contributed by atoms with van der Waals surface area (Å²) in [7, 11) is 1.69. The van der Waals surface area contributed by atoms with E-state index in [9.17, 15) is 4.79 Å². The molecule has 0 spiro atoms. The molecule has 1 N–H and O–H groups in total. The van der Waals surface area contributed by atoms with E-state index in [0.717, 1.165) is 26.2 Å². The van der Waals surface area contributed by atoms with Crippen LogP contribution in [0.5, 0.6) is 0 Å². The molecule has 0 aromatic heterocycles. The monoisotopic (exact) mass is 253 g/mol. The summed E-state index contributed by atoms with van der Waals surface area (Å²) in [5.74, 6) is 0.153. The van der Waals surface area contributed by atoms with E-state index in [4.69, 9.17) is 4.74 Å². The highest BCUT2D eigenvalue weighted by Crippen LogP contribution is 2.27. The molecule has 5 heteroatoms. The Morgan fingerprint density at radius 1 is 1.06 bits per heavy atom. The first-order chi connectivity index (χ1) is 8.81. The second-order valence-corrected chi connectivity index (χ2v) is 5.59. The maximum absolute atomic E-state index is 12.2. The Kier molecular flexibility index (Phi) is 3.54. The predicted molar refractivity (Wildman–Crippen MR) is 68.1 cm³/mol. The number of hydrogen-bond acceptors (Lipinski definition) is 4. The summed E-state index contributed by atoms with van der Waals surface area (Å²) in [5.41, 5.74) is 0. The number of nitrogens with zero attached hydrogens (tertiary/aromatic N) is 2. The van der Waals surface area contributed by atoms with Crippen molar-refractivity contribution in [3.8, 4) is 0 Å². The van der Waals surface area contributed by atoms with Crippen LogP contribution in [0, 0.1) is 0 Å². The maximum Gasteiger partial charge on any atom is 0.241 e. The molecule has 0 saturated carbocycles. The van der Waals surface area contributed by atoms with Crippen LogP contribution in [0.4, 0.5) is 0 Å². The molecule has 3 aliphatic heterocycles. The molecule has 0 radical (unpaired) electrons. The summed E-state index contributed by atoms with van der Waals surface area (Å²) in [6, 6.07) is 0.193. The first-order valence-electron chi connectivity index (χ1n) is 7.12. The highest BCUT2D eigenvalue weighted by molar-refractivity contribution is 5.85. The lowest BCUT2D eigenvalue weighted by atomic mass is 10.1. The van der Waals surface area contributed by atoms with E-state index in [0.29, 0.717) is 0 Å². The molecule has 3 rings (SSSR count). The largest absolute Gasteiger partial charge is 0.360 e. The lowest BCUT2D eigenvalue weighted by Crippen LogP contribution is -2.53. The Bertz CT molecular complexity index is 311. The van der Waals surface area contributed by atoms with Crippen LogP contribution in [0.15, 0.2) is 0 Å². The molecule has 0 aliphatic carbocycles. The van der Waals surface area contributed by atoms with Crippen LogP contribution < -0.4 is 5.32 Å². The van der Waals surface area contributed by atoms with Gasteiger partial charge in [0.25, 0.3) is 0 Å². The number of likely N-dealkylation sites (tertiary alicyclic amines) is 2. The Balaban J connectivity index is 1.80. The molecule has 102 valence electrons. The standard InChI is InChI=1S/C13H23N3O2/c1-18-13-11(16-8-4-5-9-16)10(12(17)14-13)15-6-2-3-7-15/h10-11,13H,2-9H2,1H3,(H,14,17). The summed E-state index contributed by atoms with van der Waals surface area (Å²) in [5, 5.41) is 3.01. The average molecular weight is 253 g/mol. The number of hydrogen-bond donors (Lipinski definition) is 1. The lowest BCUT2D eigenvalue weighted by molar-refractivity contribution is -0.124. The van der Waals surface area contributed by atoms with Crippen molar-refractivity contribution < 1.29 is 9.53 Å². The minimum absolute atomic E-state index is 0.00412. The molecule has 0 bridgehead atoms. The van der Waals surface area contributed by atoms with E-state index in [1.807, 2.05) is 0 Å². The van der Waals surface area contributed by atoms with Gasteiger partial charge in [0.2, 0.25) is 5.91 Å². The van der Waals surface area contributed by atoms with Crippen molar-refractivity contribution >= 4 is 5.91 Å². The Labute approximate surface area is 108 Å². The van der Waals surface area contributed by atoms with Crippen molar-refractivity contribution in [3.63, 3.8) is 0 Å². The maximum atomic E-state index is 12.2. The van der Waals surface area contributed by atoms with E-state index >= 15 is 0 Å². The number of ether oxygens (including phenoxy) is 1. The van der Waals surface area contributed by atoms with Gasteiger partial charge < -0.3 is 10.1 Å². The van der Waals surface area contributed by atoms with Crippen LogP contribution >= 0.6 is 0 Å². The molecule has 3 unspecified atom stereocenters. The van der Waals surface area contributed by atoms with Gasteiger partial charge >= 0.3 is 0 Å². The molecular weight excluding hydrogens is 230 g/mol. The van der Waals surface area contributed by atoms with E-state index in [-0.39, 0.29) is 24.2 Å². The second kappa shape index (κ2) is 5.15. The number of methoxy groups -OCH3 is 1. The van der Waals surface area contributed by atoms with Crippen LogP contribution in [0.25, 0.3) is 0 Å². The van der Waals surface area contributed by atoms with Crippen molar-refractivity contribution in [2.45, 2.75) is 44.0 Å². The molecule has 1 amide bonds. The first kappa shape index (κ1) is 12.4. The number of amides is 1. The van der Waals surface area contributed by atoms with Gasteiger partial charge in [0.05, 0.1) is 6.04 Å². The molecule has 0 aromatic carbocycles. The second-order valence-electron chi connectivity index (χ2n) is 5.59. The van der Waals surface area contributed by atoms with Gasteiger partial charge in [-0.2, -0.15) is 0 Å². The number of rotatable bonds is 3. The van der Waals surface area contributed by atoms with Crippen molar-refractivity contribution in [1.82, 2.24) is 15.1 Å². The van der Waals surface area contributed by atoms with Gasteiger partial charge in [-0.1, -0.05) is 0 Å². The predicted octanol–water partition coefficient (Wildman–Crippen LogP) is 0.0175. The highest BCUT2D eigenvalue weighted by Gasteiger charge is 2.49. The SMILES string of the molecule is COC1NC(=O)C(N2CCCC2)C1N1CCCC1. The molecule has 3 atom stereocenters. The van der Waals surface area contributed by atoms with Gasteiger partial charge in [-0.3, -0.25) is 14.6 Å². The smallest absolute Gasteiger partial charge is 0.241 e. The fourth-order valence-corrected chi connectivity index (χ4v) is 3.66. The van der Waals surface area contributed by atoms with Crippen LogP contribution in [-0.4, -0.2) is 67.3 Å². The fourth-order valence-electron chi connectivity index (χ4n) is 3.66. The van der Waals surface area contributed by atoms with Gasteiger partial charge in [0.15, 0.2) is 0 Å². The fraction of sp³-hybridized carbons (Fsp3) is 0.923. The normalized spacial score (nSPS) is 38.5. The van der Waals surface area contributed by atoms with Gasteiger partial charge in [-0.05, 0) is 51.9 Å². The minimum atomic E-state index is -0.138. The molecule has 3 aliphatic rings. The third-order valence-electron chi connectivity index (χ3n) is 4.54. The number of carbonyl (C=O) groups is 1. The van der Waals surface area contributed by atoms with E-state index in [1.54, 1.807) is 7.11 Å². The van der Waals surface area contributed by atoms with Gasteiger partial charge in [-0.15, -0.1) is 0 Å². The van der Waals surface area contributed by atoms with Crippen LogP contribution in [0.2, 0.25) is 0 Å². The van der Waals surface area contributed by atoms with Gasteiger partial charge in [-0.25, -0.2) is 0 Å². The Hall–Kier alpha value is -0.650. The van der Waals surface area contributed by atoms with Gasteiger partial charge in [0, 0.05) is 7.11 Å². The van der Waals surface area contributed by atoms with Crippen molar-refractivity contribution in [1.29, 1.82) is 0 Å². The first-order valence-corrected chi connectivity index (χ1v) is 7.12. The molecule has 3 saturated heterocycles. The van der Waals surface area contributed by atoms with E-state index in [2.05, 4.69) is 15.1 Å². The van der Waals surface area contributed by atoms with Crippen LogP contribution in [0.1, 0.15) is 25.7 Å². The van der Waals surface area contributed by atoms with Crippen LogP contribution in [0.3, 0.4) is 0 Å². The van der Waals surface area contributed by atoms with Crippen molar-refractivity contribution in [2.75, 3.05) is 33.3 Å². The quantitative estimate of drug-likeness (QED) is 0.770. The van der Waals surface area contributed by atoms with E-state index < -0.39 is 0 Å². The minimum Gasteiger partial charge on any atom is -0.360 e. The average Bonchev–Trinajstić information content (AvgIpc) is 3.08. The molecular formula is C13H23N3O2. The zero-order valence-corrected chi connectivity index (χ0v) is 11.1. The van der Waals surface area contributed by atoms with Gasteiger partial charge in [0.1, 0.15) is 12.3 Å². The molecule has 0 aromatic rings. The zero-order valence-electron chi connectivity index (χ0n) is 11.1. The number of nitrogens with one attached hydrogen (secondary N) is 1. The zero-order chi connectivity index (χ0) is 12.5. The summed E-state index contributed by atoms with van der Waals surface area (Å²) < 4.78 is 5.50. The molecule has 5 nitrogen and oxygen atoms in total. The summed E-state index contributed by atoms with van der Waals surface area (Å²) in [6.07, 6.45) is 4.78. The summed E-state index contributed by atoms with van der Waals surface area (Å²) in [6.45, 7) is 4.31. The molecule has 18 heavy (non-hydrogen) atoms. The summed E-state index contributed by atoms with van der Waals surface area (Å²) in [4.78, 5) is 17.0. The third kappa shape index (κ3) is 2.04. The molecule has 3 fully saturated rings. The van der Waals surface area contributed by atoms with Crippen LogP contribution in [-0.2, 0) is 9.53 Å². The highest BCUT2D eigenvalue weighted by atomic mass is 16.5. The topological polar surface area (TPSA) is 44.8 Å². The van der Waals surface area contributed by atoms with Crippen molar-refractivity contribution in [2.24, 2.45) is 0 Å². The Morgan fingerprint density at radius 2 is 1.61 bits per heavy atom. The third-order valence-corrected chi connectivity index (χ3v) is 4.54. The van der Waals surface area contributed by atoms with Crippen molar-refractivity contribution in [3.05, 3.63) is 0 Å². The van der Waals surface area contributed by atoms with E-state index in [1.165, 1.54) is 25.7 Å². The lowest BCUT2D eigenvalue weighted by Gasteiger charge is -2.34. The number of carbonyl (C=O) groups excluding carboxylic acids is 1. The molecule has 3 heterocycles. The Morgan fingerprint density at radius 3 is 2.17 bits per heavy atom. The summed E-state index contributed by atoms with van der Waals surface area (Å²) >= 11 is 0.